The van der Waals surface area contributed by atoms with Crippen LogP contribution < -0.4 is 5.32 Å². The SMILES string of the molecule is Cc1ccc(Nc2ncc(C=O)cn2)cc1. The molecule has 0 saturated carbocycles. The fraction of sp³-hybridized carbons (Fsp3) is 0.0833. The fourth-order valence-electron chi connectivity index (χ4n) is 1.23. The number of nitrogens with zero attached hydrogens (tertiary/aromatic N) is 2. The van der Waals surface area contributed by atoms with E-state index in [4.69, 9.17) is 0 Å². The van der Waals surface area contributed by atoms with Crippen LogP contribution in [0.1, 0.15) is 15.9 Å². The third kappa shape index (κ3) is 2.42. The van der Waals surface area contributed by atoms with Gasteiger partial charge in [-0.3, -0.25) is 4.79 Å². The lowest BCUT2D eigenvalue weighted by atomic mass is 10.2. The van der Waals surface area contributed by atoms with E-state index in [0.29, 0.717) is 11.5 Å². The van der Waals surface area contributed by atoms with Gasteiger partial charge >= 0.3 is 0 Å². The Morgan fingerprint density at radius 3 is 2.31 bits per heavy atom. The van der Waals surface area contributed by atoms with Gasteiger partial charge in [0, 0.05) is 18.1 Å². The lowest BCUT2D eigenvalue weighted by molar-refractivity contribution is 0.112. The minimum Gasteiger partial charge on any atom is -0.324 e. The van der Waals surface area contributed by atoms with E-state index in [1.165, 1.54) is 18.0 Å². The molecule has 1 aromatic carbocycles. The Balaban J connectivity index is 2.14. The molecule has 1 N–H and O–H groups in total. The Bertz CT molecular complexity index is 477. The van der Waals surface area contributed by atoms with Crippen molar-refractivity contribution in [3.63, 3.8) is 0 Å². The number of anilines is 2. The quantitative estimate of drug-likeness (QED) is 0.795. The Kier molecular flexibility index (Phi) is 2.91. The highest BCUT2D eigenvalue weighted by molar-refractivity contribution is 5.73. The molecule has 4 heteroatoms. The van der Waals surface area contributed by atoms with E-state index in [2.05, 4.69) is 15.3 Å². The van der Waals surface area contributed by atoms with Crippen molar-refractivity contribution in [3.8, 4) is 0 Å². The smallest absolute Gasteiger partial charge is 0.227 e. The molecule has 0 fully saturated rings. The zero-order chi connectivity index (χ0) is 11.4. The van der Waals surface area contributed by atoms with Crippen LogP contribution in [-0.2, 0) is 0 Å². The van der Waals surface area contributed by atoms with Crippen LogP contribution in [0.2, 0.25) is 0 Å². The van der Waals surface area contributed by atoms with Crippen molar-refractivity contribution in [3.05, 3.63) is 47.8 Å². The highest BCUT2D eigenvalue weighted by atomic mass is 16.1. The summed E-state index contributed by atoms with van der Waals surface area (Å²) in [4.78, 5) is 18.4. The molecule has 0 aliphatic rings. The first-order chi connectivity index (χ1) is 7.78. The summed E-state index contributed by atoms with van der Waals surface area (Å²) in [6.45, 7) is 2.03. The molecule has 0 amide bonds. The molecule has 4 nitrogen and oxygen atoms in total. The zero-order valence-electron chi connectivity index (χ0n) is 8.84. The van der Waals surface area contributed by atoms with Gasteiger partial charge in [0.2, 0.25) is 5.95 Å². The number of aryl methyl sites for hydroxylation is 1. The molecule has 0 atom stereocenters. The van der Waals surface area contributed by atoms with Crippen molar-refractivity contribution < 1.29 is 4.79 Å². The largest absolute Gasteiger partial charge is 0.324 e. The van der Waals surface area contributed by atoms with Crippen molar-refractivity contribution in [2.24, 2.45) is 0 Å². The predicted octanol–water partition coefficient (Wildman–Crippen LogP) is 2.34. The van der Waals surface area contributed by atoms with Gasteiger partial charge in [-0.2, -0.15) is 0 Å². The van der Waals surface area contributed by atoms with Crippen LogP contribution in [0, 0.1) is 6.92 Å². The number of aldehydes is 1. The van der Waals surface area contributed by atoms with E-state index in [0.717, 1.165) is 12.0 Å². The molecule has 0 saturated heterocycles. The number of rotatable bonds is 3. The van der Waals surface area contributed by atoms with Crippen LogP contribution in [0.5, 0.6) is 0 Å². The molecule has 80 valence electrons. The summed E-state index contributed by atoms with van der Waals surface area (Å²) in [5.41, 5.74) is 2.58. The van der Waals surface area contributed by atoms with Gasteiger partial charge in [-0.05, 0) is 19.1 Å². The summed E-state index contributed by atoms with van der Waals surface area (Å²) in [5.74, 6) is 0.481. The van der Waals surface area contributed by atoms with Gasteiger partial charge in [-0.25, -0.2) is 9.97 Å². The van der Waals surface area contributed by atoms with Crippen molar-refractivity contribution in [2.45, 2.75) is 6.92 Å². The molecule has 0 bridgehead atoms. The maximum Gasteiger partial charge on any atom is 0.227 e. The normalized spacial score (nSPS) is 9.81. The van der Waals surface area contributed by atoms with Gasteiger partial charge < -0.3 is 5.32 Å². The number of nitrogens with one attached hydrogen (secondary N) is 1. The van der Waals surface area contributed by atoms with Gasteiger partial charge in [-0.1, -0.05) is 17.7 Å². The average Bonchev–Trinajstić information content (AvgIpc) is 2.33. The molecular weight excluding hydrogens is 202 g/mol. The lowest BCUT2D eigenvalue weighted by Gasteiger charge is -2.04. The number of aromatic nitrogens is 2. The lowest BCUT2D eigenvalue weighted by Crippen LogP contribution is -1.97. The number of hydrogen-bond donors (Lipinski definition) is 1. The summed E-state index contributed by atoms with van der Waals surface area (Å²) in [5, 5.41) is 3.04. The minimum absolute atomic E-state index is 0.467. The number of benzene rings is 1. The van der Waals surface area contributed by atoms with Crippen molar-refractivity contribution in [1.82, 2.24) is 9.97 Å². The molecule has 2 aromatic rings. The van der Waals surface area contributed by atoms with Crippen LogP contribution in [0.3, 0.4) is 0 Å². The summed E-state index contributed by atoms with van der Waals surface area (Å²) in [6.07, 6.45) is 3.68. The van der Waals surface area contributed by atoms with E-state index in [-0.39, 0.29) is 0 Å². The molecule has 2 rings (SSSR count). The van der Waals surface area contributed by atoms with Crippen LogP contribution in [0.15, 0.2) is 36.7 Å². The van der Waals surface area contributed by atoms with Crippen molar-refractivity contribution in [1.29, 1.82) is 0 Å². The summed E-state index contributed by atoms with van der Waals surface area (Å²) in [7, 11) is 0. The van der Waals surface area contributed by atoms with Gasteiger partial charge in [-0.15, -0.1) is 0 Å². The van der Waals surface area contributed by atoms with Crippen LogP contribution in [-0.4, -0.2) is 16.3 Å². The molecule has 0 aliphatic heterocycles. The first-order valence-electron chi connectivity index (χ1n) is 4.89. The Hall–Kier alpha value is -2.23. The number of hydrogen-bond acceptors (Lipinski definition) is 4. The van der Waals surface area contributed by atoms with E-state index in [1.807, 2.05) is 31.2 Å². The third-order valence-corrected chi connectivity index (χ3v) is 2.12. The third-order valence-electron chi connectivity index (χ3n) is 2.12. The molecule has 0 spiro atoms. The summed E-state index contributed by atoms with van der Waals surface area (Å²) >= 11 is 0. The molecular formula is C12H11N3O. The van der Waals surface area contributed by atoms with Crippen LogP contribution in [0.25, 0.3) is 0 Å². The zero-order valence-corrected chi connectivity index (χ0v) is 8.84. The Labute approximate surface area is 93.4 Å². The minimum atomic E-state index is 0.467. The predicted molar refractivity (Wildman–Crippen MR) is 61.9 cm³/mol. The monoisotopic (exact) mass is 213 g/mol. The molecule has 1 heterocycles. The van der Waals surface area contributed by atoms with Gasteiger partial charge in [0.15, 0.2) is 6.29 Å². The number of carbonyl (C=O) groups is 1. The second kappa shape index (κ2) is 4.53. The van der Waals surface area contributed by atoms with Crippen molar-refractivity contribution >= 4 is 17.9 Å². The van der Waals surface area contributed by atoms with Crippen LogP contribution in [0.4, 0.5) is 11.6 Å². The highest BCUT2D eigenvalue weighted by Gasteiger charge is 1.97. The summed E-state index contributed by atoms with van der Waals surface area (Å²) in [6, 6.07) is 7.91. The highest BCUT2D eigenvalue weighted by Crippen LogP contribution is 2.12. The van der Waals surface area contributed by atoms with Crippen LogP contribution >= 0.6 is 0 Å². The fourth-order valence-corrected chi connectivity index (χ4v) is 1.23. The molecule has 0 aliphatic carbocycles. The second-order valence-electron chi connectivity index (χ2n) is 3.45. The number of carbonyl (C=O) groups excluding carboxylic acids is 1. The summed E-state index contributed by atoms with van der Waals surface area (Å²) < 4.78 is 0. The van der Waals surface area contributed by atoms with E-state index in [1.54, 1.807) is 0 Å². The molecule has 0 radical (unpaired) electrons. The van der Waals surface area contributed by atoms with Gasteiger partial charge in [0.05, 0.1) is 5.56 Å². The Morgan fingerprint density at radius 2 is 1.75 bits per heavy atom. The van der Waals surface area contributed by atoms with E-state index in [9.17, 15) is 4.79 Å². The van der Waals surface area contributed by atoms with E-state index < -0.39 is 0 Å². The van der Waals surface area contributed by atoms with Crippen molar-refractivity contribution in [2.75, 3.05) is 5.32 Å². The first kappa shape index (κ1) is 10.3. The van der Waals surface area contributed by atoms with Gasteiger partial charge in [0.1, 0.15) is 0 Å². The molecule has 1 aromatic heterocycles. The standard InChI is InChI=1S/C12H11N3O/c1-9-2-4-11(5-3-9)15-12-13-6-10(8-16)7-14-12/h2-8H,1H3,(H,13,14,15). The van der Waals surface area contributed by atoms with E-state index >= 15 is 0 Å². The first-order valence-corrected chi connectivity index (χ1v) is 4.89. The topological polar surface area (TPSA) is 54.9 Å². The molecule has 16 heavy (non-hydrogen) atoms. The average molecular weight is 213 g/mol. The maximum atomic E-state index is 10.4. The molecule has 0 unspecified atom stereocenters. The Morgan fingerprint density at radius 1 is 1.12 bits per heavy atom. The van der Waals surface area contributed by atoms with Gasteiger partial charge in [0.25, 0.3) is 0 Å². The maximum absolute atomic E-state index is 10.4. The second-order valence-corrected chi connectivity index (χ2v) is 3.45.